The number of nitrogens with one attached hydrogen (secondary N) is 1. The van der Waals surface area contributed by atoms with Gasteiger partial charge in [0.15, 0.2) is 0 Å². The number of aryl methyl sites for hydroxylation is 2. The summed E-state index contributed by atoms with van der Waals surface area (Å²) in [5.41, 5.74) is 8.75. The third-order valence-electron chi connectivity index (χ3n) is 4.18. The van der Waals surface area contributed by atoms with Gasteiger partial charge in [-0.05, 0) is 50.3 Å². The van der Waals surface area contributed by atoms with Crippen LogP contribution >= 0.6 is 11.3 Å². The first-order valence-corrected chi connectivity index (χ1v) is 8.70. The van der Waals surface area contributed by atoms with Gasteiger partial charge < -0.3 is 11.1 Å². The Balaban J connectivity index is 1.93. The summed E-state index contributed by atoms with van der Waals surface area (Å²) in [5, 5.41) is 3.49. The van der Waals surface area contributed by atoms with E-state index >= 15 is 0 Å². The van der Waals surface area contributed by atoms with Crippen LogP contribution in [0.5, 0.6) is 0 Å². The molecule has 0 atom stereocenters. The van der Waals surface area contributed by atoms with Crippen LogP contribution in [0.15, 0.2) is 24.3 Å². The smallest absolute Gasteiger partial charge is 0.256 e. The van der Waals surface area contributed by atoms with Crippen LogP contribution in [0.4, 0.5) is 5.00 Å². The first-order valence-electron chi connectivity index (χ1n) is 7.88. The van der Waals surface area contributed by atoms with E-state index < -0.39 is 5.91 Å². The number of rotatable bonds is 3. The number of amides is 2. The number of fused-ring (bicyclic) bond motifs is 1. The maximum absolute atomic E-state index is 12.5. The number of hydrogen-bond acceptors (Lipinski definition) is 3. The molecule has 23 heavy (non-hydrogen) atoms. The molecule has 0 spiro atoms. The number of carbonyl (C=O) groups excluding carboxylic acids is 2. The zero-order valence-corrected chi connectivity index (χ0v) is 14.0. The lowest BCUT2D eigenvalue weighted by Crippen LogP contribution is -2.18. The molecule has 3 N–H and O–H groups in total. The molecule has 1 aromatic heterocycles. The lowest BCUT2D eigenvalue weighted by molar-refractivity contribution is 0.100. The van der Waals surface area contributed by atoms with E-state index in [1.807, 2.05) is 25.1 Å². The number of benzene rings is 1. The van der Waals surface area contributed by atoms with Crippen LogP contribution in [0.2, 0.25) is 0 Å². The molecule has 4 nitrogen and oxygen atoms in total. The number of hydrogen-bond donors (Lipinski definition) is 2. The molecule has 0 saturated heterocycles. The molecule has 0 aliphatic heterocycles. The van der Waals surface area contributed by atoms with Gasteiger partial charge in [-0.1, -0.05) is 24.1 Å². The number of anilines is 1. The highest BCUT2D eigenvalue weighted by atomic mass is 32.1. The van der Waals surface area contributed by atoms with E-state index in [4.69, 9.17) is 5.73 Å². The first-order chi connectivity index (χ1) is 11.1. The summed E-state index contributed by atoms with van der Waals surface area (Å²) in [4.78, 5) is 25.6. The Hall–Kier alpha value is -2.14. The Labute approximate surface area is 139 Å². The number of nitrogens with two attached hydrogens (primary N) is 1. The van der Waals surface area contributed by atoms with Crippen molar-refractivity contribution in [2.75, 3.05) is 5.32 Å². The van der Waals surface area contributed by atoms with Crippen molar-refractivity contribution in [1.29, 1.82) is 0 Å². The van der Waals surface area contributed by atoms with E-state index in [-0.39, 0.29) is 5.91 Å². The van der Waals surface area contributed by atoms with E-state index in [9.17, 15) is 9.59 Å². The van der Waals surface area contributed by atoms with E-state index in [2.05, 4.69) is 5.32 Å². The molecule has 0 bridgehead atoms. The molecule has 0 saturated carbocycles. The highest BCUT2D eigenvalue weighted by Gasteiger charge is 2.24. The predicted octanol–water partition coefficient (Wildman–Crippen LogP) is 3.68. The Kier molecular flexibility index (Phi) is 4.48. The summed E-state index contributed by atoms with van der Waals surface area (Å²) >= 11 is 1.50. The Morgan fingerprint density at radius 1 is 1.17 bits per heavy atom. The quantitative estimate of drug-likeness (QED) is 0.844. The second-order valence-corrected chi connectivity index (χ2v) is 7.06. The van der Waals surface area contributed by atoms with E-state index in [0.29, 0.717) is 16.1 Å². The summed E-state index contributed by atoms with van der Waals surface area (Å²) in [6, 6.07) is 7.39. The molecule has 0 fully saturated rings. The maximum Gasteiger partial charge on any atom is 0.256 e. The summed E-state index contributed by atoms with van der Waals surface area (Å²) in [6.07, 6.45) is 5.18. The fourth-order valence-electron chi connectivity index (χ4n) is 3.05. The second-order valence-electron chi connectivity index (χ2n) is 5.96. The molecule has 1 aliphatic carbocycles. The molecule has 2 amide bonds. The fourth-order valence-corrected chi connectivity index (χ4v) is 4.34. The molecule has 0 radical (unpaired) electrons. The monoisotopic (exact) mass is 328 g/mol. The summed E-state index contributed by atoms with van der Waals surface area (Å²) in [5.74, 6) is -0.656. The van der Waals surface area contributed by atoms with Crippen molar-refractivity contribution in [3.8, 4) is 0 Å². The van der Waals surface area contributed by atoms with Crippen molar-refractivity contribution < 1.29 is 9.59 Å². The largest absolute Gasteiger partial charge is 0.365 e. The van der Waals surface area contributed by atoms with Crippen molar-refractivity contribution >= 4 is 28.2 Å². The van der Waals surface area contributed by atoms with Gasteiger partial charge in [0.2, 0.25) is 0 Å². The lowest BCUT2D eigenvalue weighted by Gasteiger charge is -2.07. The Bertz CT molecular complexity index is 764. The average molecular weight is 328 g/mol. The van der Waals surface area contributed by atoms with Crippen LogP contribution in [0.1, 0.15) is 56.0 Å². The lowest BCUT2D eigenvalue weighted by atomic mass is 10.0. The maximum atomic E-state index is 12.5. The zero-order valence-electron chi connectivity index (χ0n) is 13.1. The topological polar surface area (TPSA) is 72.2 Å². The number of carbonyl (C=O) groups is 2. The minimum Gasteiger partial charge on any atom is -0.365 e. The predicted molar refractivity (Wildman–Crippen MR) is 93.2 cm³/mol. The Morgan fingerprint density at radius 2 is 1.96 bits per heavy atom. The SMILES string of the molecule is Cc1cccc(C(=O)Nc2sc3c(c2C(N)=O)CCCCC3)c1. The van der Waals surface area contributed by atoms with Crippen LogP contribution in [-0.2, 0) is 12.8 Å². The summed E-state index contributed by atoms with van der Waals surface area (Å²) in [7, 11) is 0. The first kappa shape index (κ1) is 15.7. The standard InChI is InChI=1S/C18H20N2O2S/c1-11-6-5-7-12(10-11)17(22)20-18-15(16(19)21)13-8-3-2-4-9-14(13)23-18/h5-7,10H,2-4,8-9H2,1H3,(H2,19,21)(H,20,22). The van der Waals surface area contributed by atoms with Gasteiger partial charge in [0.25, 0.3) is 11.8 Å². The van der Waals surface area contributed by atoms with Gasteiger partial charge in [0, 0.05) is 10.4 Å². The van der Waals surface area contributed by atoms with Crippen molar-refractivity contribution in [3.63, 3.8) is 0 Å². The molecule has 1 heterocycles. The minimum atomic E-state index is -0.455. The number of thiophene rings is 1. The third kappa shape index (κ3) is 3.29. The van der Waals surface area contributed by atoms with Gasteiger partial charge in [-0.15, -0.1) is 11.3 Å². The molecule has 1 aliphatic rings. The van der Waals surface area contributed by atoms with Crippen LogP contribution in [0.3, 0.4) is 0 Å². The van der Waals surface area contributed by atoms with Crippen molar-refractivity contribution in [3.05, 3.63) is 51.4 Å². The van der Waals surface area contributed by atoms with E-state index in [1.165, 1.54) is 22.6 Å². The summed E-state index contributed by atoms with van der Waals surface area (Å²) < 4.78 is 0. The molecule has 3 rings (SSSR count). The van der Waals surface area contributed by atoms with E-state index in [0.717, 1.165) is 36.8 Å². The molecule has 0 unspecified atom stereocenters. The average Bonchev–Trinajstić information content (AvgIpc) is 2.69. The molecule has 1 aromatic carbocycles. The van der Waals surface area contributed by atoms with Crippen LogP contribution < -0.4 is 11.1 Å². The normalized spacial score (nSPS) is 14.0. The highest BCUT2D eigenvalue weighted by Crippen LogP contribution is 2.37. The molecular weight excluding hydrogens is 308 g/mol. The van der Waals surface area contributed by atoms with Gasteiger partial charge in [-0.2, -0.15) is 0 Å². The zero-order chi connectivity index (χ0) is 16.4. The summed E-state index contributed by atoms with van der Waals surface area (Å²) in [6.45, 7) is 1.94. The third-order valence-corrected chi connectivity index (χ3v) is 5.38. The molecular formula is C18H20N2O2S. The fraction of sp³-hybridized carbons (Fsp3) is 0.333. The van der Waals surface area contributed by atoms with Gasteiger partial charge >= 0.3 is 0 Å². The van der Waals surface area contributed by atoms with Crippen molar-refractivity contribution in [1.82, 2.24) is 0 Å². The van der Waals surface area contributed by atoms with Crippen LogP contribution in [0.25, 0.3) is 0 Å². The van der Waals surface area contributed by atoms with Gasteiger partial charge in [-0.3, -0.25) is 9.59 Å². The second kappa shape index (κ2) is 6.54. The Morgan fingerprint density at radius 3 is 2.70 bits per heavy atom. The van der Waals surface area contributed by atoms with Crippen LogP contribution in [0, 0.1) is 6.92 Å². The molecule has 120 valence electrons. The van der Waals surface area contributed by atoms with Crippen LogP contribution in [-0.4, -0.2) is 11.8 Å². The van der Waals surface area contributed by atoms with Crippen molar-refractivity contribution in [2.24, 2.45) is 5.73 Å². The van der Waals surface area contributed by atoms with Crippen molar-refractivity contribution in [2.45, 2.75) is 39.0 Å². The molecule has 2 aromatic rings. The molecule has 5 heteroatoms. The van der Waals surface area contributed by atoms with E-state index in [1.54, 1.807) is 6.07 Å². The van der Waals surface area contributed by atoms with Gasteiger partial charge in [0.1, 0.15) is 5.00 Å². The highest BCUT2D eigenvalue weighted by molar-refractivity contribution is 7.17. The number of primary amides is 1. The van der Waals surface area contributed by atoms with Gasteiger partial charge in [-0.25, -0.2) is 0 Å². The van der Waals surface area contributed by atoms with Gasteiger partial charge in [0.05, 0.1) is 5.56 Å². The minimum absolute atomic E-state index is 0.201.